The lowest BCUT2D eigenvalue weighted by Crippen LogP contribution is -2.36. The molecular formula is C16H28N2O. The highest BCUT2D eigenvalue weighted by Crippen LogP contribution is 2.33. The number of nitrogens with zero attached hydrogens (tertiary/aromatic N) is 1. The van der Waals surface area contributed by atoms with E-state index in [9.17, 15) is 0 Å². The van der Waals surface area contributed by atoms with E-state index in [2.05, 4.69) is 56.4 Å². The van der Waals surface area contributed by atoms with Crippen LogP contribution in [0.15, 0.2) is 24.3 Å². The summed E-state index contributed by atoms with van der Waals surface area (Å²) in [5, 5.41) is 3.32. The number of methoxy groups -OCH3 is 1. The minimum Gasteiger partial charge on any atom is -0.497 e. The fourth-order valence-electron chi connectivity index (χ4n) is 2.70. The van der Waals surface area contributed by atoms with Crippen molar-refractivity contribution >= 4 is 0 Å². The Kier molecular flexibility index (Phi) is 6.32. The average molecular weight is 264 g/mol. The monoisotopic (exact) mass is 264 g/mol. The lowest BCUT2D eigenvalue weighted by atomic mass is 9.83. The molecule has 0 heterocycles. The Bertz CT molecular complexity index is 377. The molecule has 108 valence electrons. The zero-order valence-electron chi connectivity index (χ0n) is 13.1. The quantitative estimate of drug-likeness (QED) is 0.819. The molecule has 0 saturated heterocycles. The summed E-state index contributed by atoms with van der Waals surface area (Å²) in [6.45, 7) is 5.59. The second-order valence-corrected chi connectivity index (χ2v) is 5.65. The molecule has 19 heavy (non-hydrogen) atoms. The molecule has 0 aliphatic rings. The molecule has 0 spiro atoms. The summed E-state index contributed by atoms with van der Waals surface area (Å²) in [5.41, 5.74) is 1.32. The Balaban J connectivity index is 3.10. The highest BCUT2D eigenvalue weighted by molar-refractivity contribution is 5.31. The van der Waals surface area contributed by atoms with Crippen molar-refractivity contribution < 1.29 is 4.74 Å². The van der Waals surface area contributed by atoms with Crippen LogP contribution in [0, 0.1) is 11.8 Å². The molecule has 1 aromatic carbocycles. The summed E-state index contributed by atoms with van der Waals surface area (Å²) in [4.78, 5) is 2.30. The van der Waals surface area contributed by atoms with Gasteiger partial charge in [-0.25, -0.2) is 0 Å². The lowest BCUT2D eigenvalue weighted by Gasteiger charge is -2.35. The van der Waals surface area contributed by atoms with Crippen LogP contribution >= 0.6 is 0 Å². The molecule has 3 nitrogen and oxygen atoms in total. The van der Waals surface area contributed by atoms with Gasteiger partial charge in [-0.05, 0) is 57.2 Å². The number of benzene rings is 1. The Labute approximate surface area is 118 Å². The van der Waals surface area contributed by atoms with Crippen LogP contribution in [0.4, 0.5) is 0 Å². The molecule has 1 N–H and O–H groups in total. The summed E-state index contributed by atoms with van der Waals surface area (Å²) in [6, 6.07) is 8.80. The van der Waals surface area contributed by atoms with Crippen molar-refractivity contribution in [2.24, 2.45) is 11.8 Å². The minimum atomic E-state index is 0.391. The number of ether oxygens (including phenoxy) is 1. The number of rotatable bonds is 7. The van der Waals surface area contributed by atoms with Crippen LogP contribution in [0.25, 0.3) is 0 Å². The average Bonchev–Trinajstić information content (AvgIpc) is 2.38. The molecule has 0 aliphatic heterocycles. The first-order chi connectivity index (χ1) is 9.01. The normalized spacial score (nSPS) is 14.7. The van der Waals surface area contributed by atoms with Gasteiger partial charge in [-0.3, -0.25) is 0 Å². The van der Waals surface area contributed by atoms with Crippen LogP contribution in [0.2, 0.25) is 0 Å². The van der Waals surface area contributed by atoms with Gasteiger partial charge in [0.15, 0.2) is 0 Å². The zero-order valence-corrected chi connectivity index (χ0v) is 13.1. The van der Waals surface area contributed by atoms with E-state index in [1.807, 2.05) is 13.1 Å². The Morgan fingerprint density at radius 3 is 2.42 bits per heavy atom. The zero-order chi connectivity index (χ0) is 14.4. The molecule has 0 aromatic heterocycles. The summed E-state index contributed by atoms with van der Waals surface area (Å²) in [7, 11) is 8.04. The van der Waals surface area contributed by atoms with E-state index in [1.54, 1.807) is 7.11 Å². The van der Waals surface area contributed by atoms with Gasteiger partial charge in [-0.15, -0.1) is 0 Å². The van der Waals surface area contributed by atoms with Gasteiger partial charge in [0.1, 0.15) is 5.75 Å². The Morgan fingerprint density at radius 2 is 1.95 bits per heavy atom. The van der Waals surface area contributed by atoms with E-state index in [-0.39, 0.29) is 0 Å². The topological polar surface area (TPSA) is 24.5 Å². The smallest absolute Gasteiger partial charge is 0.119 e. The fraction of sp³-hybridized carbons (Fsp3) is 0.625. The fourth-order valence-corrected chi connectivity index (χ4v) is 2.70. The molecule has 2 atom stereocenters. The van der Waals surface area contributed by atoms with Crippen LogP contribution in [-0.2, 0) is 0 Å². The first-order valence-electron chi connectivity index (χ1n) is 6.96. The summed E-state index contributed by atoms with van der Waals surface area (Å²) in [5.74, 6) is 2.11. The first-order valence-corrected chi connectivity index (χ1v) is 6.96. The van der Waals surface area contributed by atoms with Gasteiger partial charge in [0.25, 0.3) is 0 Å². The molecule has 3 heteroatoms. The van der Waals surface area contributed by atoms with Gasteiger partial charge >= 0.3 is 0 Å². The summed E-state index contributed by atoms with van der Waals surface area (Å²) in [6.07, 6.45) is 0. The second kappa shape index (κ2) is 7.51. The molecule has 1 aromatic rings. The van der Waals surface area contributed by atoms with Crippen molar-refractivity contribution in [2.75, 3.05) is 34.8 Å². The van der Waals surface area contributed by atoms with Gasteiger partial charge in [0.2, 0.25) is 0 Å². The van der Waals surface area contributed by atoms with Crippen LogP contribution in [0.3, 0.4) is 0 Å². The van der Waals surface area contributed by atoms with Gasteiger partial charge < -0.3 is 15.0 Å². The third kappa shape index (κ3) is 4.22. The molecule has 0 bridgehead atoms. The summed E-state index contributed by atoms with van der Waals surface area (Å²) < 4.78 is 5.35. The predicted molar refractivity (Wildman–Crippen MR) is 81.7 cm³/mol. The maximum Gasteiger partial charge on any atom is 0.119 e. The van der Waals surface area contributed by atoms with Crippen LogP contribution in [-0.4, -0.2) is 39.7 Å². The van der Waals surface area contributed by atoms with Crippen molar-refractivity contribution in [3.05, 3.63) is 29.8 Å². The van der Waals surface area contributed by atoms with E-state index >= 15 is 0 Å². The predicted octanol–water partition coefficient (Wildman–Crippen LogP) is 2.79. The molecule has 0 amide bonds. The largest absolute Gasteiger partial charge is 0.497 e. The van der Waals surface area contributed by atoms with E-state index in [1.165, 1.54) is 5.56 Å². The van der Waals surface area contributed by atoms with Gasteiger partial charge in [-0.1, -0.05) is 26.0 Å². The number of nitrogens with one attached hydrogen (secondary N) is 1. The third-order valence-corrected chi connectivity index (χ3v) is 3.69. The lowest BCUT2D eigenvalue weighted by molar-refractivity contribution is 0.168. The van der Waals surface area contributed by atoms with Crippen molar-refractivity contribution in [2.45, 2.75) is 19.9 Å². The Morgan fingerprint density at radius 1 is 1.26 bits per heavy atom. The molecule has 0 aliphatic carbocycles. The van der Waals surface area contributed by atoms with Crippen LogP contribution < -0.4 is 10.1 Å². The maximum atomic E-state index is 5.35. The maximum absolute atomic E-state index is 5.35. The van der Waals surface area contributed by atoms with Crippen molar-refractivity contribution in [3.63, 3.8) is 0 Å². The number of hydrogen-bond acceptors (Lipinski definition) is 3. The number of hydrogen-bond donors (Lipinski definition) is 1. The Hall–Kier alpha value is -1.06. The van der Waals surface area contributed by atoms with E-state index in [4.69, 9.17) is 4.74 Å². The van der Waals surface area contributed by atoms with Crippen molar-refractivity contribution in [1.29, 1.82) is 0 Å². The van der Waals surface area contributed by atoms with E-state index in [0.717, 1.165) is 12.3 Å². The van der Waals surface area contributed by atoms with E-state index < -0.39 is 0 Å². The van der Waals surface area contributed by atoms with Crippen molar-refractivity contribution in [1.82, 2.24) is 10.2 Å². The van der Waals surface area contributed by atoms with Crippen molar-refractivity contribution in [3.8, 4) is 5.75 Å². The van der Waals surface area contributed by atoms with Crippen LogP contribution in [0.1, 0.15) is 25.5 Å². The van der Waals surface area contributed by atoms with Gasteiger partial charge in [0, 0.05) is 6.04 Å². The SMILES string of the molecule is CNCC(C(C)C)C(c1cccc(OC)c1)N(C)C. The first kappa shape index (κ1) is 16.0. The minimum absolute atomic E-state index is 0.391. The molecule has 2 unspecified atom stereocenters. The van der Waals surface area contributed by atoms with Crippen LogP contribution in [0.5, 0.6) is 5.75 Å². The molecular weight excluding hydrogens is 236 g/mol. The standard InChI is InChI=1S/C16H28N2O/c1-12(2)15(11-17-3)16(18(4)5)13-8-7-9-14(10-13)19-6/h7-10,12,15-17H,11H2,1-6H3. The van der Waals surface area contributed by atoms with Gasteiger partial charge in [-0.2, -0.15) is 0 Å². The molecule has 1 rings (SSSR count). The third-order valence-electron chi connectivity index (χ3n) is 3.69. The summed E-state index contributed by atoms with van der Waals surface area (Å²) >= 11 is 0. The van der Waals surface area contributed by atoms with Gasteiger partial charge in [0.05, 0.1) is 7.11 Å². The molecule has 0 fully saturated rings. The highest BCUT2D eigenvalue weighted by atomic mass is 16.5. The van der Waals surface area contributed by atoms with E-state index in [0.29, 0.717) is 17.9 Å². The highest BCUT2D eigenvalue weighted by Gasteiger charge is 2.27. The molecule has 0 radical (unpaired) electrons. The second-order valence-electron chi connectivity index (χ2n) is 5.65. The molecule has 0 saturated carbocycles.